The molecule has 2 nitrogen and oxygen atoms in total. The molecule has 2 heterocycles. The Hall–Kier alpha value is -0.870. The van der Waals surface area contributed by atoms with Crippen LogP contribution in [0.15, 0.2) is 29.6 Å². The van der Waals surface area contributed by atoms with Gasteiger partial charge in [0.2, 0.25) is 0 Å². The first kappa shape index (κ1) is 11.6. The highest BCUT2D eigenvalue weighted by molar-refractivity contribution is 9.08. The minimum Gasteiger partial charge on any atom is -0.486 e. The van der Waals surface area contributed by atoms with E-state index in [0.29, 0.717) is 11.9 Å². The fraction of sp³-hybridized carbons (Fsp3) is 0.250. The van der Waals surface area contributed by atoms with Crippen LogP contribution in [0.25, 0.3) is 0 Å². The van der Waals surface area contributed by atoms with Crippen LogP contribution in [0.1, 0.15) is 16.3 Å². The molecule has 2 aromatic rings. The maximum atomic E-state index is 5.75. The molecule has 2 aromatic heterocycles. The van der Waals surface area contributed by atoms with Crippen LogP contribution in [0, 0.1) is 6.92 Å². The van der Waals surface area contributed by atoms with Crippen LogP contribution >= 0.6 is 27.3 Å². The van der Waals surface area contributed by atoms with Crippen LogP contribution in [0.5, 0.6) is 5.75 Å². The molecule has 0 fully saturated rings. The maximum Gasteiger partial charge on any atom is 0.142 e. The molecular weight excluding hydrogens is 286 g/mol. The Balaban J connectivity index is 2.09. The fourth-order valence-electron chi connectivity index (χ4n) is 1.37. The first-order valence-corrected chi connectivity index (χ1v) is 6.97. The lowest BCUT2D eigenvalue weighted by Gasteiger charge is -2.08. The summed E-state index contributed by atoms with van der Waals surface area (Å²) >= 11 is 5.12. The van der Waals surface area contributed by atoms with Gasteiger partial charge in [0, 0.05) is 15.9 Å². The highest BCUT2D eigenvalue weighted by Gasteiger charge is 2.05. The zero-order chi connectivity index (χ0) is 11.4. The van der Waals surface area contributed by atoms with Gasteiger partial charge in [-0.1, -0.05) is 22.0 Å². The summed E-state index contributed by atoms with van der Waals surface area (Å²) in [6, 6.07) is 8.05. The van der Waals surface area contributed by atoms with Gasteiger partial charge in [0.05, 0.1) is 5.69 Å². The number of nitrogens with zero attached hydrogens (tertiary/aromatic N) is 1. The predicted molar refractivity (Wildman–Crippen MR) is 70.3 cm³/mol. The molecule has 2 rings (SSSR count). The molecule has 0 radical (unpaired) electrons. The Morgan fingerprint density at radius 2 is 2.25 bits per heavy atom. The molecule has 0 aromatic carbocycles. The number of halogens is 1. The Morgan fingerprint density at radius 1 is 1.38 bits per heavy atom. The summed E-state index contributed by atoms with van der Waals surface area (Å²) in [5.74, 6) is 0.857. The number of hydrogen-bond acceptors (Lipinski definition) is 3. The van der Waals surface area contributed by atoms with E-state index in [1.165, 1.54) is 4.88 Å². The molecule has 0 unspecified atom stereocenters. The number of aryl methyl sites for hydroxylation is 1. The second-order valence-corrected chi connectivity index (χ2v) is 4.99. The Kier molecular flexibility index (Phi) is 3.96. The van der Waals surface area contributed by atoms with E-state index in [-0.39, 0.29) is 0 Å². The lowest BCUT2D eigenvalue weighted by molar-refractivity contribution is 0.306. The number of alkyl halides is 1. The van der Waals surface area contributed by atoms with E-state index in [0.717, 1.165) is 17.1 Å². The summed E-state index contributed by atoms with van der Waals surface area (Å²) in [7, 11) is 0. The van der Waals surface area contributed by atoms with Crippen LogP contribution in [-0.2, 0) is 11.9 Å². The lowest BCUT2D eigenvalue weighted by Crippen LogP contribution is -1.98. The molecule has 0 spiro atoms. The number of ether oxygens (including phenoxy) is 1. The number of aromatic nitrogens is 1. The van der Waals surface area contributed by atoms with Crippen molar-refractivity contribution in [3.63, 3.8) is 0 Å². The van der Waals surface area contributed by atoms with Gasteiger partial charge >= 0.3 is 0 Å². The van der Waals surface area contributed by atoms with Crippen molar-refractivity contribution < 1.29 is 4.74 Å². The SMILES string of the molecule is Cc1ccc(OCc2cccs2)c(CBr)n1. The van der Waals surface area contributed by atoms with Crippen molar-refractivity contribution in [1.82, 2.24) is 4.98 Å². The van der Waals surface area contributed by atoms with Crippen molar-refractivity contribution in [3.05, 3.63) is 45.9 Å². The molecule has 0 amide bonds. The molecule has 0 saturated carbocycles. The van der Waals surface area contributed by atoms with Crippen molar-refractivity contribution >= 4 is 27.3 Å². The van der Waals surface area contributed by atoms with E-state index in [1.54, 1.807) is 11.3 Å². The standard InChI is InChI=1S/C12H12BrNOS/c1-9-4-5-12(11(7-13)14-9)15-8-10-3-2-6-16-10/h2-6H,7-8H2,1H3. The van der Waals surface area contributed by atoms with Gasteiger partial charge in [0.15, 0.2) is 0 Å². The summed E-state index contributed by atoms with van der Waals surface area (Å²) in [5.41, 5.74) is 1.97. The van der Waals surface area contributed by atoms with E-state index in [9.17, 15) is 0 Å². The second-order valence-electron chi connectivity index (χ2n) is 3.40. The average molecular weight is 298 g/mol. The smallest absolute Gasteiger partial charge is 0.142 e. The average Bonchev–Trinajstić information content (AvgIpc) is 2.80. The number of thiophene rings is 1. The Labute approximate surface area is 107 Å². The van der Waals surface area contributed by atoms with Crippen molar-refractivity contribution in [2.75, 3.05) is 0 Å². The van der Waals surface area contributed by atoms with E-state index < -0.39 is 0 Å². The van der Waals surface area contributed by atoms with Gasteiger partial charge < -0.3 is 4.74 Å². The van der Waals surface area contributed by atoms with E-state index in [2.05, 4.69) is 32.4 Å². The minimum absolute atomic E-state index is 0.613. The highest BCUT2D eigenvalue weighted by atomic mass is 79.9. The van der Waals surface area contributed by atoms with Gasteiger partial charge in [0.1, 0.15) is 12.4 Å². The van der Waals surface area contributed by atoms with E-state index in [4.69, 9.17) is 4.74 Å². The molecule has 0 saturated heterocycles. The number of pyridine rings is 1. The molecule has 0 aliphatic carbocycles. The van der Waals surface area contributed by atoms with Crippen LogP contribution in [0.4, 0.5) is 0 Å². The van der Waals surface area contributed by atoms with Gasteiger partial charge in [-0.05, 0) is 30.5 Å². The monoisotopic (exact) mass is 297 g/mol. The first-order valence-electron chi connectivity index (χ1n) is 4.97. The second kappa shape index (κ2) is 5.46. The third-order valence-electron chi connectivity index (χ3n) is 2.15. The minimum atomic E-state index is 0.613. The van der Waals surface area contributed by atoms with Gasteiger partial charge in [0.25, 0.3) is 0 Å². The zero-order valence-electron chi connectivity index (χ0n) is 8.94. The topological polar surface area (TPSA) is 22.1 Å². The largest absolute Gasteiger partial charge is 0.486 e. The van der Waals surface area contributed by atoms with Crippen molar-refractivity contribution in [1.29, 1.82) is 0 Å². The van der Waals surface area contributed by atoms with E-state index >= 15 is 0 Å². The van der Waals surface area contributed by atoms with Crippen molar-refractivity contribution in [2.24, 2.45) is 0 Å². The van der Waals surface area contributed by atoms with Gasteiger partial charge in [-0.15, -0.1) is 11.3 Å². The molecule has 0 N–H and O–H groups in total. The molecule has 0 aliphatic rings. The summed E-state index contributed by atoms with van der Waals surface area (Å²) < 4.78 is 5.75. The quantitative estimate of drug-likeness (QED) is 0.798. The molecule has 16 heavy (non-hydrogen) atoms. The molecule has 0 aliphatic heterocycles. The summed E-state index contributed by atoms with van der Waals surface area (Å²) in [4.78, 5) is 5.65. The summed E-state index contributed by atoms with van der Waals surface area (Å²) in [6.07, 6.45) is 0. The van der Waals surface area contributed by atoms with Crippen molar-refractivity contribution in [2.45, 2.75) is 18.9 Å². The third-order valence-corrected chi connectivity index (χ3v) is 3.53. The van der Waals surface area contributed by atoms with Crippen LogP contribution in [0.2, 0.25) is 0 Å². The third kappa shape index (κ3) is 2.83. The summed E-state index contributed by atoms with van der Waals surface area (Å²) in [5, 5.41) is 2.77. The molecule has 0 atom stereocenters. The van der Waals surface area contributed by atoms with Gasteiger partial charge in [-0.3, -0.25) is 4.98 Å². The normalized spacial score (nSPS) is 10.4. The van der Waals surface area contributed by atoms with Crippen LogP contribution in [0.3, 0.4) is 0 Å². The lowest BCUT2D eigenvalue weighted by atomic mass is 10.3. The molecular formula is C12H12BrNOS. The summed E-state index contributed by atoms with van der Waals surface area (Å²) in [6.45, 7) is 2.59. The Morgan fingerprint density at radius 3 is 2.94 bits per heavy atom. The number of hydrogen-bond donors (Lipinski definition) is 0. The Bertz CT molecular complexity index is 456. The molecule has 84 valence electrons. The zero-order valence-corrected chi connectivity index (χ0v) is 11.3. The highest BCUT2D eigenvalue weighted by Crippen LogP contribution is 2.21. The first-order chi connectivity index (χ1) is 7.79. The van der Waals surface area contributed by atoms with E-state index in [1.807, 2.05) is 25.1 Å². The van der Waals surface area contributed by atoms with Gasteiger partial charge in [-0.2, -0.15) is 0 Å². The van der Waals surface area contributed by atoms with Crippen molar-refractivity contribution in [3.8, 4) is 5.75 Å². The van der Waals surface area contributed by atoms with Crippen LogP contribution < -0.4 is 4.74 Å². The molecule has 4 heteroatoms. The fourth-order valence-corrected chi connectivity index (χ4v) is 2.39. The maximum absolute atomic E-state index is 5.75. The predicted octanol–water partition coefficient (Wildman–Crippen LogP) is 3.93. The molecule has 0 bridgehead atoms. The number of rotatable bonds is 4. The van der Waals surface area contributed by atoms with Crippen LogP contribution in [-0.4, -0.2) is 4.98 Å². The van der Waals surface area contributed by atoms with Gasteiger partial charge in [-0.25, -0.2) is 0 Å².